The summed E-state index contributed by atoms with van der Waals surface area (Å²) in [5.41, 5.74) is 1.13. The van der Waals surface area contributed by atoms with E-state index in [1.807, 2.05) is 6.92 Å². The first kappa shape index (κ1) is 31.4. The molecular formula is C28H40N4O7S2. The molecule has 2 aromatic rings. The molecule has 226 valence electrons. The molecule has 1 fully saturated rings. The Labute approximate surface area is 246 Å². The van der Waals surface area contributed by atoms with Gasteiger partial charge in [0, 0.05) is 56.8 Å². The molecule has 3 atom stereocenters. The standard InChI is InChI=1S/C28H40N4O7S2/c1-20-17-32(21(2)19-33)27(35)16-22-15-23(29-26(34)8-9-31-10-12-38-13-11-31)6-7-24(22)39-25(20)18-30(3)41(36,37)28-5-4-14-40-28/h4-7,14-15,20-21,25,33H,8-13,16-19H2,1-3H3,(H,29,34)/t20-,21-,25-/m0/s1. The van der Waals surface area contributed by atoms with Crippen LogP contribution in [-0.4, -0.2) is 111 Å². The number of benzene rings is 1. The molecule has 2 aliphatic heterocycles. The Bertz CT molecular complexity index is 1280. The molecule has 0 radical (unpaired) electrons. The van der Waals surface area contributed by atoms with Crippen LogP contribution in [0.4, 0.5) is 5.69 Å². The Morgan fingerprint density at radius 1 is 1.27 bits per heavy atom. The second kappa shape index (κ2) is 14.1. The Balaban J connectivity index is 1.55. The number of ether oxygens (including phenoxy) is 2. The highest BCUT2D eigenvalue weighted by atomic mass is 32.2. The summed E-state index contributed by atoms with van der Waals surface area (Å²) in [7, 11) is -2.19. The van der Waals surface area contributed by atoms with Crippen molar-refractivity contribution in [3.8, 4) is 5.75 Å². The first-order valence-electron chi connectivity index (χ1n) is 13.9. The first-order valence-corrected chi connectivity index (χ1v) is 16.2. The van der Waals surface area contributed by atoms with Crippen LogP contribution in [-0.2, 0) is 30.8 Å². The van der Waals surface area contributed by atoms with E-state index in [4.69, 9.17) is 9.47 Å². The highest BCUT2D eigenvalue weighted by Gasteiger charge is 2.33. The molecule has 1 aromatic heterocycles. The van der Waals surface area contributed by atoms with Crippen LogP contribution in [0.5, 0.6) is 5.75 Å². The predicted molar refractivity (Wildman–Crippen MR) is 157 cm³/mol. The van der Waals surface area contributed by atoms with E-state index in [1.165, 1.54) is 11.4 Å². The zero-order valence-corrected chi connectivity index (χ0v) is 25.5. The number of rotatable bonds is 10. The van der Waals surface area contributed by atoms with E-state index in [0.717, 1.165) is 24.4 Å². The number of amides is 2. The SMILES string of the molecule is C[C@H]1CN([C@@H](C)CO)C(=O)Cc2cc(NC(=O)CCN3CCOCC3)ccc2O[C@H]1CN(C)S(=O)(=O)c1cccs1. The molecule has 2 N–H and O–H groups in total. The number of aliphatic hydroxyl groups is 1. The fourth-order valence-corrected chi connectivity index (χ4v) is 7.33. The molecule has 2 aliphatic rings. The fraction of sp³-hybridized carbons (Fsp3) is 0.571. The van der Waals surface area contributed by atoms with E-state index in [-0.39, 0.29) is 48.1 Å². The Kier molecular flexibility index (Phi) is 10.8. The summed E-state index contributed by atoms with van der Waals surface area (Å²) in [4.78, 5) is 29.9. The smallest absolute Gasteiger partial charge is 0.252 e. The normalized spacial score (nSPS) is 21.4. The average Bonchev–Trinajstić information content (AvgIpc) is 3.52. The van der Waals surface area contributed by atoms with Crippen LogP contribution in [0.15, 0.2) is 39.9 Å². The van der Waals surface area contributed by atoms with E-state index >= 15 is 0 Å². The Morgan fingerprint density at radius 3 is 2.71 bits per heavy atom. The molecule has 0 saturated carbocycles. The highest BCUT2D eigenvalue weighted by molar-refractivity contribution is 7.91. The number of nitrogens with zero attached hydrogens (tertiary/aromatic N) is 3. The number of aliphatic hydroxyl groups excluding tert-OH is 1. The number of sulfonamides is 1. The highest BCUT2D eigenvalue weighted by Crippen LogP contribution is 2.30. The largest absolute Gasteiger partial charge is 0.488 e. The second-order valence-corrected chi connectivity index (χ2v) is 13.9. The minimum atomic E-state index is -3.71. The molecule has 0 spiro atoms. The fourth-order valence-electron chi connectivity index (χ4n) is 4.95. The van der Waals surface area contributed by atoms with Crippen LogP contribution in [0.2, 0.25) is 0 Å². The van der Waals surface area contributed by atoms with Gasteiger partial charge in [-0.1, -0.05) is 13.0 Å². The van der Waals surface area contributed by atoms with Crippen molar-refractivity contribution in [2.75, 3.05) is 64.9 Å². The number of morpholine rings is 1. The van der Waals surface area contributed by atoms with Crippen LogP contribution in [0.3, 0.4) is 0 Å². The number of hydrogen-bond acceptors (Lipinski definition) is 9. The lowest BCUT2D eigenvalue weighted by molar-refractivity contribution is -0.134. The number of thiophene rings is 1. The molecule has 3 heterocycles. The van der Waals surface area contributed by atoms with Gasteiger partial charge in [-0.2, -0.15) is 4.31 Å². The molecule has 11 nitrogen and oxygen atoms in total. The number of carbonyl (C=O) groups is 2. The summed E-state index contributed by atoms with van der Waals surface area (Å²) in [6.45, 7) is 7.42. The van der Waals surface area contributed by atoms with Gasteiger partial charge in [-0.25, -0.2) is 8.42 Å². The average molecular weight is 609 g/mol. The summed E-state index contributed by atoms with van der Waals surface area (Å²) in [6.07, 6.45) is -0.236. The van der Waals surface area contributed by atoms with E-state index in [0.29, 0.717) is 43.2 Å². The first-order chi connectivity index (χ1) is 19.6. The summed E-state index contributed by atoms with van der Waals surface area (Å²) < 4.78 is 39.6. The minimum absolute atomic E-state index is 0.0138. The maximum Gasteiger partial charge on any atom is 0.252 e. The zero-order valence-electron chi connectivity index (χ0n) is 23.8. The van der Waals surface area contributed by atoms with Gasteiger partial charge in [-0.15, -0.1) is 11.3 Å². The van der Waals surface area contributed by atoms with E-state index < -0.39 is 22.2 Å². The predicted octanol–water partition coefficient (Wildman–Crippen LogP) is 1.88. The van der Waals surface area contributed by atoms with Crippen molar-refractivity contribution >= 4 is 38.9 Å². The van der Waals surface area contributed by atoms with E-state index in [2.05, 4.69) is 10.2 Å². The van der Waals surface area contributed by atoms with Crippen LogP contribution in [0.25, 0.3) is 0 Å². The van der Waals surface area contributed by atoms with Gasteiger partial charge >= 0.3 is 0 Å². The third kappa shape index (κ3) is 8.05. The topological polar surface area (TPSA) is 129 Å². The summed E-state index contributed by atoms with van der Waals surface area (Å²) in [6, 6.07) is 8.02. The van der Waals surface area contributed by atoms with Crippen molar-refractivity contribution in [3.63, 3.8) is 0 Å². The van der Waals surface area contributed by atoms with Gasteiger partial charge in [0.25, 0.3) is 10.0 Å². The van der Waals surface area contributed by atoms with Gasteiger partial charge in [-0.05, 0) is 36.6 Å². The molecule has 13 heteroatoms. The quantitative estimate of drug-likeness (QED) is 0.419. The molecule has 0 bridgehead atoms. The lowest BCUT2D eigenvalue weighted by Gasteiger charge is -2.33. The van der Waals surface area contributed by atoms with Gasteiger partial charge in [0.2, 0.25) is 11.8 Å². The van der Waals surface area contributed by atoms with Crippen molar-refractivity contribution < 1.29 is 32.6 Å². The van der Waals surface area contributed by atoms with Crippen molar-refractivity contribution in [2.24, 2.45) is 5.92 Å². The molecule has 0 aliphatic carbocycles. The zero-order chi connectivity index (χ0) is 29.6. The third-order valence-corrected chi connectivity index (χ3v) is 10.8. The lowest BCUT2D eigenvalue weighted by atomic mass is 10.0. The Morgan fingerprint density at radius 2 is 2.02 bits per heavy atom. The summed E-state index contributed by atoms with van der Waals surface area (Å²) in [5.74, 6) is -0.102. The van der Waals surface area contributed by atoms with Crippen LogP contribution in [0.1, 0.15) is 25.8 Å². The van der Waals surface area contributed by atoms with Crippen molar-refractivity contribution in [2.45, 2.75) is 43.0 Å². The third-order valence-electron chi connectivity index (χ3n) is 7.56. The van der Waals surface area contributed by atoms with Crippen LogP contribution < -0.4 is 10.1 Å². The molecule has 4 rings (SSSR count). The monoisotopic (exact) mass is 608 g/mol. The van der Waals surface area contributed by atoms with Crippen molar-refractivity contribution in [1.82, 2.24) is 14.1 Å². The number of carbonyl (C=O) groups excluding carboxylic acids is 2. The van der Waals surface area contributed by atoms with Gasteiger partial charge < -0.3 is 24.8 Å². The number of nitrogens with one attached hydrogen (secondary N) is 1. The molecule has 41 heavy (non-hydrogen) atoms. The maximum absolute atomic E-state index is 13.4. The van der Waals surface area contributed by atoms with Crippen molar-refractivity contribution in [1.29, 1.82) is 0 Å². The molecular weight excluding hydrogens is 568 g/mol. The van der Waals surface area contributed by atoms with E-state index in [1.54, 1.807) is 47.5 Å². The van der Waals surface area contributed by atoms with Crippen LogP contribution in [0, 0.1) is 5.92 Å². The number of likely N-dealkylation sites (N-methyl/N-ethyl adjacent to an activating group) is 1. The van der Waals surface area contributed by atoms with Gasteiger partial charge in [0.05, 0.1) is 38.8 Å². The second-order valence-electron chi connectivity index (χ2n) is 10.7. The molecule has 1 saturated heterocycles. The maximum atomic E-state index is 13.4. The van der Waals surface area contributed by atoms with Gasteiger partial charge in [0.15, 0.2) is 0 Å². The number of anilines is 1. The summed E-state index contributed by atoms with van der Waals surface area (Å²) in [5, 5.41) is 14.5. The minimum Gasteiger partial charge on any atom is -0.488 e. The van der Waals surface area contributed by atoms with Crippen LogP contribution >= 0.6 is 11.3 Å². The number of fused-ring (bicyclic) bond motifs is 1. The van der Waals surface area contributed by atoms with Crippen molar-refractivity contribution in [3.05, 3.63) is 41.3 Å². The molecule has 2 amide bonds. The van der Waals surface area contributed by atoms with Gasteiger partial charge in [0.1, 0.15) is 16.1 Å². The lowest BCUT2D eigenvalue weighted by Crippen LogP contribution is -2.48. The van der Waals surface area contributed by atoms with Gasteiger partial charge in [-0.3, -0.25) is 14.5 Å². The molecule has 1 aromatic carbocycles. The molecule has 0 unspecified atom stereocenters. The Hall–Kier alpha value is -2.55. The van der Waals surface area contributed by atoms with E-state index in [9.17, 15) is 23.1 Å². The summed E-state index contributed by atoms with van der Waals surface area (Å²) >= 11 is 1.15. The number of hydrogen-bond donors (Lipinski definition) is 2.